The Hall–Kier alpha value is -4.36. The second kappa shape index (κ2) is 11.0. The van der Waals surface area contributed by atoms with Crippen LogP contribution in [-0.2, 0) is 0 Å². The standard InChI is InChI=1S/C26H14BF10N3/c1-40(2)12-9-7-11(8-10-12)38-39-14-6-4-3-5-13(14)27(15-17(28)21(32)25(36)22(33)18(15)29)16-19(30)23(34)26(37)24(35)20(16)31/h3-10H,1-2H3. The summed E-state index contributed by atoms with van der Waals surface area (Å²) >= 11 is 0. The number of rotatable bonds is 6. The number of azo groups is 1. The first-order valence-electron chi connectivity index (χ1n) is 11.2. The van der Waals surface area contributed by atoms with E-state index < -0.39 is 87.0 Å². The Labute approximate surface area is 220 Å². The van der Waals surface area contributed by atoms with Crippen molar-refractivity contribution >= 4 is 40.2 Å². The second-order valence-electron chi connectivity index (χ2n) is 8.57. The Morgan fingerprint density at radius 3 is 1.32 bits per heavy atom. The molecule has 0 saturated heterocycles. The lowest BCUT2D eigenvalue weighted by molar-refractivity contribution is 0.382. The maximum absolute atomic E-state index is 15.0. The van der Waals surface area contributed by atoms with Crippen molar-refractivity contribution in [2.75, 3.05) is 19.0 Å². The zero-order valence-electron chi connectivity index (χ0n) is 20.3. The van der Waals surface area contributed by atoms with Crippen molar-refractivity contribution in [2.24, 2.45) is 10.2 Å². The Morgan fingerprint density at radius 1 is 0.500 bits per heavy atom. The molecule has 4 aromatic rings. The highest BCUT2D eigenvalue weighted by Gasteiger charge is 2.41. The summed E-state index contributed by atoms with van der Waals surface area (Å²) in [6, 6.07) is 10.7. The molecule has 14 heteroatoms. The van der Waals surface area contributed by atoms with Crippen LogP contribution in [-0.4, -0.2) is 20.8 Å². The van der Waals surface area contributed by atoms with E-state index in [1.165, 1.54) is 18.2 Å². The van der Waals surface area contributed by atoms with Crippen molar-refractivity contribution in [3.8, 4) is 0 Å². The molecule has 0 bridgehead atoms. The maximum atomic E-state index is 15.0. The second-order valence-corrected chi connectivity index (χ2v) is 8.57. The fourth-order valence-corrected chi connectivity index (χ4v) is 3.96. The summed E-state index contributed by atoms with van der Waals surface area (Å²) in [5.41, 5.74) is -3.85. The van der Waals surface area contributed by atoms with Crippen LogP contribution in [0.5, 0.6) is 0 Å². The van der Waals surface area contributed by atoms with E-state index in [9.17, 15) is 43.9 Å². The number of benzene rings is 4. The van der Waals surface area contributed by atoms with E-state index in [1.54, 1.807) is 31.1 Å². The average Bonchev–Trinajstić information content (AvgIpc) is 2.95. The maximum Gasteiger partial charge on any atom is 0.260 e. The quantitative estimate of drug-likeness (QED) is 0.0911. The molecule has 4 rings (SSSR count). The molecule has 0 fully saturated rings. The van der Waals surface area contributed by atoms with Crippen LogP contribution in [0.2, 0.25) is 0 Å². The molecule has 0 aliphatic rings. The van der Waals surface area contributed by atoms with E-state index in [1.807, 2.05) is 0 Å². The molecule has 0 amide bonds. The molecule has 0 unspecified atom stereocenters. The van der Waals surface area contributed by atoms with Gasteiger partial charge in [0.2, 0.25) is 0 Å². The van der Waals surface area contributed by atoms with Gasteiger partial charge < -0.3 is 4.90 Å². The van der Waals surface area contributed by atoms with Gasteiger partial charge in [-0.1, -0.05) is 18.2 Å². The normalized spacial score (nSPS) is 11.4. The summed E-state index contributed by atoms with van der Waals surface area (Å²) in [6.45, 7) is -2.75. The third-order valence-corrected chi connectivity index (χ3v) is 5.95. The van der Waals surface area contributed by atoms with Gasteiger partial charge in [0.15, 0.2) is 58.2 Å². The first-order valence-corrected chi connectivity index (χ1v) is 11.2. The highest BCUT2D eigenvalue weighted by Crippen LogP contribution is 2.24. The molecule has 0 heterocycles. The lowest BCUT2D eigenvalue weighted by Crippen LogP contribution is -2.58. The van der Waals surface area contributed by atoms with Crippen LogP contribution in [0.1, 0.15) is 0 Å². The highest BCUT2D eigenvalue weighted by molar-refractivity contribution is 6.96. The van der Waals surface area contributed by atoms with Gasteiger partial charge in [-0.05, 0) is 35.8 Å². The molecule has 0 N–H and O–H groups in total. The number of anilines is 1. The van der Waals surface area contributed by atoms with Crippen molar-refractivity contribution in [1.29, 1.82) is 0 Å². The molecule has 0 aliphatic heterocycles. The van der Waals surface area contributed by atoms with E-state index in [0.717, 1.165) is 23.9 Å². The van der Waals surface area contributed by atoms with Crippen LogP contribution in [0.25, 0.3) is 0 Å². The molecule has 0 aliphatic carbocycles. The zero-order valence-corrected chi connectivity index (χ0v) is 20.3. The Bertz CT molecular complexity index is 1510. The summed E-state index contributed by atoms with van der Waals surface area (Å²) in [6.07, 6.45) is 0. The monoisotopic (exact) mass is 569 g/mol. The minimum Gasteiger partial charge on any atom is -0.378 e. The topological polar surface area (TPSA) is 28.0 Å². The third-order valence-electron chi connectivity index (χ3n) is 5.95. The molecule has 206 valence electrons. The van der Waals surface area contributed by atoms with Crippen LogP contribution >= 0.6 is 0 Å². The fourth-order valence-electron chi connectivity index (χ4n) is 3.96. The molecule has 0 aromatic heterocycles. The predicted octanol–water partition coefficient (Wildman–Crippen LogP) is 6.08. The third kappa shape index (κ3) is 4.89. The van der Waals surface area contributed by atoms with Crippen LogP contribution in [0.3, 0.4) is 0 Å². The molecule has 0 radical (unpaired) electrons. The minimum absolute atomic E-state index is 0.212. The van der Waals surface area contributed by atoms with Gasteiger partial charge in [-0.15, -0.1) is 0 Å². The summed E-state index contributed by atoms with van der Waals surface area (Å²) in [4.78, 5) is 1.77. The fraction of sp³-hybridized carbons (Fsp3) is 0.0769. The van der Waals surface area contributed by atoms with Crippen LogP contribution in [0.15, 0.2) is 58.8 Å². The van der Waals surface area contributed by atoms with Crippen molar-refractivity contribution in [3.05, 3.63) is 107 Å². The molecule has 0 atom stereocenters. The lowest BCUT2D eigenvalue weighted by atomic mass is 9.36. The van der Waals surface area contributed by atoms with Gasteiger partial charge in [0.05, 0.1) is 11.4 Å². The average molecular weight is 569 g/mol. The Kier molecular flexibility index (Phi) is 7.90. The van der Waals surface area contributed by atoms with E-state index in [2.05, 4.69) is 10.2 Å². The van der Waals surface area contributed by atoms with E-state index >= 15 is 0 Å². The highest BCUT2D eigenvalue weighted by atomic mass is 19.2. The molecular weight excluding hydrogens is 555 g/mol. The van der Waals surface area contributed by atoms with Crippen LogP contribution < -0.4 is 21.3 Å². The van der Waals surface area contributed by atoms with Crippen LogP contribution in [0.4, 0.5) is 61.0 Å². The van der Waals surface area contributed by atoms with Gasteiger partial charge in [-0.25, -0.2) is 43.9 Å². The minimum atomic E-state index is -2.75. The Balaban J connectivity index is 2.03. The van der Waals surface area contributed by atoms with Gasteiger partial charge in [-0.3, -0.25) is 0 Å². The predicted molar refractivity (Wildman–Crippen MR) is 129 cm³/mol. The number of nitrogens with zero attached hydrogens (tertiary/aromatic N) is 3. The van der Waals surface area contributed by atoms with Crippen molar-refractivity contribution in [2.45, 2.75) is 0 Å². The number of hydrogen-bond donors (Lipinski definition) is 0. The van der Waals surface area contributed by atoms with E-state index in [4.69, 9.17) is 0 Å². The van der Waals surface area contributed by atoms with Gasteiger partial charge in [0.25, 0.3) is 6.71 Å². The van der Waals surface area contributed by atoms with Gasteiger partial charge in [0.1, 0.15) is 0 Å². The largest absolute Gasteiger partial charge is 0.378 e. The first-order chi connectivity index (χ1) is 18.9. The van der Waals surface area contributed by atoms with Gasteiger partial charge in [-0.2, -0.15) is 10.2 Å². The molecule has 4 aromatic carbocycles. The van der Waals surface area contributed by atoms with E-state index in [-0.39, 0.29) is 5.69 Å². The van der Waals surface area contributed by atoms with Crippen LogP contribution in [0, 0.1) is 58.2 Å². The SMILES string of the molecule is CN(C)c1ccc(N=Nc2ccccc2B(c2c(F)c(F)c(F)c(F)c2F)c2c(F)c(F)c(F)c(F)c2F)cc1. The van der Waals surface area contributed by atoms with Crippen molar-refractivity contribution in [1.82, 2.24) is 0 Å². The lowest BCUT2D eigenvalue weighted by Gasteiger charge is -2.21. The number of hydrogen-bond acceptors (Lipinski definition) is 3. The summed E-state index contributed by atoms with van der Waals surface area (Å²) in [5, 5.41) is 7.78. The van der Waals surface area contributed by atoms with Crippen molar-refractivity contribution in [3.63, 3.8) is 0 Å². The molecule has 0 saturated carbocycles. The van der Waals surface area contributed by atoms with Gasteiger partial charge >= 0.3 is 0 Å². The molecule has 40 heavy (non-hydrogen) atoms. The molecule has 0 spiro atoms. The Morgan fingerprint density at radius 2 is 0.900 bits per heavy atom. The number of halogens is 10. The van der Waals surface area contributed by atoms with E-state index in [0.29, 0.717) is 0 Å². The first kappa shape index (κ1) is 28.6. The molecular formula is C26H14BF10N3. The summed E-state index contributed by atoms with van der Waals surface area (Å²) < 4.78 is 144. The molecule has 3 nitrogen and oxygen atoms in total. The summed E-state index contributed by atoms with van der Waals surface area (Å²) in [7, 11) is 3.54. The zero-order chi connectivity index (χ0) is 29.5. The summed E-state index contributed by atoms with van der Waals surface area (Å²) in [5.74, 6) is -25.4. The smallest absolute Gasteiger partial charge is 0.260 e. The van der Waals surface area contributed by atoms with Gasteiger partial charge in [0, 0.05) is 30.7 Å². The van der Waals surface area contributed by atoms with Crippen molar-refractivity contribution < 1.29 is 43.9 Å².